The quantitative estimate of drug-likeness (QED) is 0.372. The van der Waals surface area contributed by atoms with E-state index in [9.17, 15) is 4.79 Å². The van der Waals surface area contributed by atoms with Crippen molar-refractivity contribution in [3.63, 3.8) is 0 Å². The molecule has 0 spiro atoms. The molecule has 1 aliphatic heterocycles. The van der Waals surface area contributed by atoms with Gasteiger partial charge in [-0.2, -0.15) is 4.98 Å². The van der Waals surface area contributed by atoms with Gasteiger partial charge >= 0.3 is 0 Å². The van der Waals surface area contributed by atoms with Crippen LogP contribution in [0.5, 0.6) is 17.2 Å². The van der Waals surface area contributed by atoms with Crippen molar-refractivity contribution < 1.29 is 19.0 Å². The number of methoxy groups -OCH3 is 3. The van der Waals surface area contributed by atoms with Crippen molar-refractivity contribution in [1.82, 2.24) is 19.5 Å². The molecular formula is C26H29N7O4. The van der Waals surface area contributed by atoms with E-state index in [-0.39, 0.29) is 5.91 Å². The number of carbonyl (C=O) groups is 1. The fraction of sp³-hybridized carbons (Fsp3) is 0.308. The molecule has 4 aromatic rings. The molecule has 3 N–H and O–H groups in total. The van der Waals surface area contributed by atoms with Crippen molar-refractivity contribution in [3.8, 4) is 22.9 Å². The Morgan fingerprint density at radius 2 is 1.84 bits per heavy atom. The third-order valence-corrected chi connectivity index (χ3v) is 6.46. The number of amides is 1. The Hall–Kier alpha value is -4.54. The number of rotatable bonds is 8. The number of hydrogen-bond donors (Lipinski definition) is 2. The van der Waals surface area contributed by atoms with E-state index in [0.717, 1.165) is 28.6 Å². The summed E-state index contributed by atoms with van der Waals surface area (Å²) < 4.78 is 18.2. The van der Waals surface area contributed by atoms with Gasteiger partial charge in [-0.05, 0) is 37.5 Å². The van der Waals surface area contributed by atoms with Crippen LogP contribution in [-0.4, -0.2) is 59.3 Å². The highest BCUT2D eigenvalue weighted by Crippen LogP contribution is 2.39. The molecule has 3 heterocycles. The van der Waals surface area contributed by atoms with E-state index in [1.807, 2.05) is 52.9 Å². The standard InChI is InChI=1S/C26H29N7O4/c1-15-7-8-17-18(10-15)29-26(33-9-5-6-19(33)24(27)34)31-25(17)30-22-13-32(14-28-22)16-11-20(35-2)23(37-4)21(12-16)36-3/h7-8,10-14,19H,5-6,9H2,1-4H3,(H2,27,34)(H,29,30,31)/t19-/m0/s1. The Bertz CT molecular complexity index is 1440. The lowest BCUT2D eigenvalue weighted by atomic mass is 10.1. The van der Waals surface area contributed by atoms with Crippen LogP contribution in [0.2, 0.25) is 0 Å². The first kappa shape index (κ1) is 24.2. The van der Waals surface area contributed by atoms with Gasteiger partial charge in [-0.15, -0.1) is 0 Å². The zero-order valence-electron chi connectivity index (χ0n) is 21.2. The minimum absolute atomic E-state index is 0.371. The van der Waals surface area contributed by atoms with Gasteiger partial charge in [0.1, 0.15) is 24.0 Å². The summed E-state index contributed by atoms with van der Waals surface area (Å²) in [4.78, 5) is 28.0. The van der Waals surface area contributed by atoms with Gasteiger partial charge in [-0.3, -0.25) is 4.79 Å². The average molecular weight is 504 g/mol. The molecule has 1 fully saturated rings. The number of imidazole rings is 1. The molecule has 5 rings (SSSR count). The minimum atomic E-state index is -0.422. The Kier molecular flexibility index (Phi) is 6.43. The number of fused-ring (bicyclic) bond motifs is 1. The van der Waals surface area contributed by atoms with Crippen LogP contribution in [-0.2, 0) is 4.79 Å². The fourth-order valence-corrected chi connectivity index (χ4v) is 4.62. The first-order chi connectivity index (χ1) is 17.9. The number of hydrogen-bond acceptors (Lipinski definition) is 9. The summed E-state index contributed by atoms with van der Waals surface area (Å²) in [5, 5.41) is 4.17. The monoisotopic (exact) mass is 503 g/mol. The molecule has 1 aliphatic rings. The number of anilines is 3. The highest BCUT2D eigenvalue weighted by atomic mass is 16.5. The lowest BCUT2D eigenvalue weighted by Gasteiger charge is -2.23. The molecular weight excluding hydrogens is 474 g/mol. The van der Waals surface area contributed by atoms with Crippen molar-refractivity contribution >= 4 is 34.4 Å². The summed E-state index contributed by atoms with van der Waals surface area (Å²) in [5.74, 6) is 2.85. The van der Waals surface area contributed by atoms with Crippen LogP contribution in [0.15, 0.2) is 42.9 Å². The Morgan fingerprint density at radius 1 is 1.08 bits per heavy atom. The second-order valence-corrected chi connectivity index (χ2v) is 8.82. The number of aromatic nitrogens is 4. The van der Waals surface area contributed by atoms with E-state index in [1.165, 1.54) is 0 Å². The first-order valence-electron chi connectivity index (χ1n) is 11.9. The molecule has 0 radical (unpaired) electrons. The molecule has 0 bridgehead atoms. The maximum Gasteiger partial charge on any atom is 0.240 e. The molecule has 1 amide bonds. The predicted molar refractivity (Wildman–Crippen MR) is 140 cm³/mol. The van der Waals surface area contributed by atoms with Crippen LogP contribution in [0.1, 0.15) is 18.4 Å². The van der Waals surface area contributed by atoms with Gasteiger partial charge in [0.05, 0.1) is 38.7 Å². The number of aryl methyl sites for hydroxylation is 1. The van der Waals surface area contributed by atoms with Crippen molar-refractivity contribution in [1.29, 1.82) is 0 Å². The Morgan fingerprint density at radius 3 is 2.51 bits per heavy atom. The van der Waals surface area contributed by atoms with Crippen molar-refractivity contribution in [2.45, 2.75) is 25.8 Å². The predicted octanol–water partition coefficient (Wildman–Crippen LogP) is 3.35. The number of nitrogens with two attached hydrogens (primary N) is 1. The second-order valence-electron chi connectivity index (χ2n) is 8.82. The van der Waals surface area contributed by atoms with E-state index in [2.05, 4.69) is 10.3 Å². The zero-order valence-corrected chi connectivity index (χ0v) is 21.2. The van der Waals surface area contributed by atoms with E-state index in [4.69, 9.17) is 29.9 Å². The molecule has 37 heavy (non-hydrogen) atoms. The van der Waals surface area contributed by atoms with Gasteiger partial charge in [0, 0.05) is 24.1 Å². The van der Waals surface area contributed by atoms with Crippen LogP contribution in [0.3, 0.4) is 0 Å². The lowest BCUT2D eigenvalue weighted by molar-refractivity contribution is -0.119. The minimum Gasteiger partial charge on any atom is -0.493 e. The molecule has 2 aromatic carbocycles. The Balaban J connectivity index is 1.52. The molecule has 192 valence electrons. The fourth-order valence-electron chi connectivity index (χ4n) is 4.62. The second kappa shape index (κ2) is 9.84. The summed E-state index contributed by atoms with van der Waals surface area (Å²) in [6, 6.07) is 9.23. The van der Waals surface area contributed by atoms with Crippen molar-refractivity contribution in [2.24, 2.45) is 5.73 Å². The SMILES string of the molecule is COc1cc(-n2cnc(Nc3nc(N4CCC[C@H]4C(N)=O)nc4cc(C)ccc34)c2)cc(OC)c1OC. The van der Waals surface area contributed by atoms with Gasteiger partial charge < -0.3 is 34.7 Å². The molecule has 1 atom stereocenters. The van der Waals surface area contributed by atoms with E-state index in [1.54, 1.807) is 27.7 Å². The van der Waals surface area contributed by atoms with Crippen LogP contribution >= 0.6 is 0 Å². The summed E-state index contributed by atoms with van der Waals surface area (Å²) in [6.45, 7) is 2.68. The first-order valence-corrected chi connectivity index (χ1v) is 11.9. The van der Waals surface area contributed by atoms with E-state index < -0.39 is 6.04 Å². The smallest absolute Gasteiger partial charge is 0.240 e. The van der Waals surface area contributed by atoms with Gasteiger partial charge in [0.15, 0.2) is 11.5 Å². The number of ether oxygens (including phenoxy) is 3. The highest BCUT2D eigenvalue weighted by molar-refractivity contribution is 5.92. The lowest BCUT2D eigenvalue weighted by Crippen LogP contribution is -2.41. The molecule has 2 aromatic heterocycles. The number of nitrogens with zero attached hydrogens (tertiary/aromatic N) is 5. The third-order valence-electron chi connectivity index (χ3n) is 6.46. The van der Waals surface area contributed by atoms with E-state index in [0.29, 0.717) is 47.8 Å². The van der Waals surface area contributed by atoms with Crippen molar-refractivity contribution in [3.05, 3.63) is 48.4 Å². The number of benzene rings is 2. The molecule has 0 aliphatic carbocycles. The van der Waals surface area contributed by atoms with Crippen LogP contribution in [0, 0.1) is 6.92 Å². The van der Waals surface area contributed by atoms with Gasteiger partial charge in [0.25, 0.3) is 0 Å². The largest absolute Gasteiger partial charge is 0.493 e. The van der Waals surface area contributed by atoms with Gasteiger partial charge in [-0.25, -0.2) is 9.97 Å². The summed E-state index contributed by atoms with van der Waals surface area (Å²) in [7, 11) is 4.71. The van der Waals surface area contributed by atoms with Crippen LogP contribution in [0.25, 0.3) is 16.6 Å². The highest BCUT2D eigenvalue weighted by Gasteiger charge is 2.31. The van der Waals surface area contributed by atoms with Crippen LogP contribution < -0.4 is 30.2 Å². The summed E-state index contributed by atoms with van der Waals surface area (Å²) >= 11 is 0. The van der Waals surface area contributed by atoms with E-state index >= 15 is 0 Å². The molecule has 0 saturated carbocycles. The van der Waals surface area contributed by atoms with Crippen molar-refractivity contribution in [2.75, 3.05) is 38.1 Å². The maximum absolute atomic E-state index is 12.0. The zero-order chi connectivity index (χ0) is 26.1. The molecule has 11 heteroatoms. The average Bonchev–Trinajstić information content (AvgIpc) is 3.57. The van der Waals surface area contributed by atoms with Gasteiger partial charge in [0.2, 0.25) is 17.6 Å². The summed E-state index contributed by atoms with van der Waals surface area (Å²) in [6.07, 6.45) is 5.06. The molecule has 11 nitrogen and oxygen atoms in total. The number of nitrogens with one attached hydrogen (secondary N) is 1. The normalized spacial score (nSPS) is 15.1. The number of primary amides is 1. The van der Waals surface area contributed by atoms with Gasteiger partial charge in [-0.1, -0.05) is 6.07 Å². The maximum atomic E-state index is 12.0. The molecule has 1 saturated heterocycles. The molecule has 0 unspecified atom stereocenters. The Labute approximate surface area is 214 Å². The topological polar surface area (TPSA) is 130 Å². The number of carbonyl (C=O) groups excluding carboxylic acids is 1. The third kappa shape index (κ3) is 4.55. The van der Waals surface area contributed by atoms with Crippen LogP contribution in [0.4, 0.5) is 17.6 Å². The summed E-state index contributed by atoms with van der Waals surface area (Å²) in [5.41, 5.74) is 8.27.